The van der Waals surface area contributed by atoms with Gasteiger partial charge in [-0.1, -0.05) is 109 Å². The third kappa shape index (κ3) is 2.06. The number of fused-ring (bicyclic) bond motifs is 2. The van der Waals surface area contributed by atoms with Crippen LogP contribution < -0.4 is 9.47 Å². The number of ether oxygens (including phenoxy) is 2. The lowest BCUT2D eigenvalue weighted by Gasteiger charge is -2.62. The fraction of sp³-hybridized carbons (Fsp3) is 0.182. The van der Waals surface area contributed by atoms with E-state index in [1.807, 2.05) is 0 Å². The predicted molar refractivity (Wildman–Crippen MR) is 181 cm³/mol. The first-order valence-electron chi connectivity index (χ1n) is 16.3. The van der Waals surface area contributed by atoms with Crippen LogP contribution in [0.25, 0.3) is 0 Å². The van der Waals surface area contributed by atoms with Crippen LogP contribution in [0.5, 0.6) is 11.5 Å². The molecule has 0 fully saturated rings. The van der Waals surface area contributed by atoms with Crippen LogP contribution in [0.3, 0.4) is 0 Å². The topological polar surface area (TPSA) is 18.5 Å². The first-order valence-corrected chi connectivity index (χ1v) is 16.3. The van der Waals surface area contributed by atoms with E-state index >= 15 is 0 Å². The van der Waals surface area contributed by atoms with Gasteiger partial charge in [-0.05, 0) is 104 Å². The van der Waals surface area contributed by atoms with Crippen LogP contribution in [0, 0.1) is 13.8 Å². The molecule has 0 saturated carbocycles. The maximum absolute atomic E-state index is 6.08. The van der Waals surface area contributed by atoms with E-state index in [-0.39, 0.29) is 0 Å². The van der Waals surface area contributed by atoms with Gasteiger partial charge >= 0.3 is 0 Å². The maximum atomic E-state index is 6.08. The van der Waals surface area contributed by atoms with E-state index in [1.54, 1.807) is 14.2 Å². The molecule has 4 atom stereocenters. The van der Waals surface area contributed by atoms with Crippen LogP contribution in [0.4, 0.5) is 0 Å². The molecular weight excluding hydrogens is 560 g/mol. The number of benzene rings is 6. The molecule has 0 unspecified atom stereocenters. The Morgan fingerprint density at radius 3 is 0.761 bits per heavy atom. The molecule has 0 saturated heterocycles. The van der Waals surface area contributed by atoms with Gasteiger partial charge in [-0.15, -0.1) is 0 Å². The van der Waals surface area contributed by atoms with E-state index in [1.165, 1.54) is 77.9 Å². The molecule has 0 radical (unpaired) electrons. The van der Waals surface area contributed by atoms with Crippen molar-refractivity contribution in [1.82, 2.24) is 0 Å². The van der Waals surface area contributed by atoms with Crippen LogP contribution >= 0.6 is 0 Å². The quantitative estimate of drug-likeness (QED) is 0.200. The highest BCUT2D eigenvalue weighted by Gasteiger charge is 2.81. The van der Waals surface area contributed by atoms with Crippen molar-refractivity contribution in [3.63, 3.8) is 0 Å². The monoisotopic (exact) mass is 592 g/mol. The first-order chi connectivity index (χ1) is 22.5. The normalized spacial score (nSPS) is 27.0. The zero-order chi connectivity index (χ0) is 30.8. The van der Waals surface area contributed by atoms with E-state index in [2.05, 4.69) is 135 Å². The zero-order valence-electron chi connectivity index (χ0n) is 26.4. The summed E-state index contributed by atoms with van der Waals surface area (Å²) in [7, 11) is 3.61. The van der Waals surface area contributed by atoms with Gasteiger partial charge in [0.25, 0.3) is 0 Å². The van der Waals surface area contributed by atoms with Crippen molar-refractivity contribution < 1.29 is 9.47 Å². The van der Waals surface area contributed by atoms with Crippen LogP contribution in [0.1, 0.15) is 77.9 Å². The lowest BCUT2D eigenvalue weighted by atomic mass is 9.38. The van der Waals surface area contributed by atoms with Crippen molar-refractivity contribution in [1.29, 1.82) is 0 Å². The summed E-state index contributed by atoms with van der Waals surface area (Å²) in [4.78, 5) is 0. The number of hydrogen-bond donors (Lipinski definition) is 0. The third-order valence-electron chi connectivity index (χ3n) is 12.8. The summed E-state index contributed by atoms with van der Waals surface area (Å²) < 4.78 is 12.2. The van der Waals surface area contributed by atoms with Gasteiger partial charge in [-0.2, -0.15) is 0 Å². The average Bonchev–Trinajstić information content (AvgIpc) is 3.30. The molecule has 6 aromatic carbocycles. The minimum atomic E-state index is -0.468. The predicted octanol–water partition coefficient (Wildman–Crippen LogP) is 8.63. The minimum Gasteiger partial charge on any atom is -0.496 e. The molecule has 46 heavy (non-hydrogen) atoms. The molecule has 0 heterocycles. The smallest absolute Gasteiger partial charge is 0.122 e. The molecule has 0 amide bonds. The fourth-order valence-corrected chi connectivity index (χ4v) is 11.6. The Morgan fingerprint density at radius 1 is 0.326 bits per heavy atom. The molecule has 0 aliphatic heterocycles. The fourth-order valence-electron chi connectivity index (χ4n) is 11.6. The van der Waals surface area contributed by atoms with Gasteiger partial charge in [0.15, 0.2) is 0 Å². The van der Waals surface area contributed by atoms with Crippen molar-refractivity contribution in [2.24, 2.45) is 0 Å². The molecule has 4 spiro atoms. The molecule has 4 bridgehead atoms. The molecule has 2 heteroatoms. The van der Waals surface area contributed by atoms with Gasteiger partial charge in [-0.3, -0.25) is 0 Å². The number of aryl methyl sites for hydroxylation is 2. The van der Waals surface area contributed by atoms with Crippen molar-refractivity contribution in [3.05, 3.63) is 199 Å². The Kier molecular flexibility index (Phi) is 4.18. The van der Waals surface area contributed by atoms with Gasteiger partial charge in [-0.25, -0.2) is 0 Å². The lowest BCUT2D eigenvalue weighted by Crippen LogP contribution is -2.61. The first kappa shape index (κ1) is 25.2. The van der Waals surface area contributed by atoms with E-state index in [0.29, 0.717) is 0 Å². The highest BCUT2D eigenvalue weighted by molar-refractivity contribution is 5.95. The molecule has 2 nitrogen and oxygen atoms in total. The summed E-state index contributed by atoms with van der Waals surface area (Å²) >= 11 is 0. The Morgan fingerprint density at radius 2 is 0.543 bits per heavy atom. The molecule has 6 aliphatic rings. The maximum Gasteiger partial charge on any atom is 0.122 e. The summed E-state index contributed by atoms with van der Waals surface area (Å²) in [6, 6.07) is 47.3. The molecule has 6 aromatic rings. The van der Waals surface area contributed by atoms with Gasteiger partial charge in [0.05, 0.1) is 35.9 Å². The van der Waals surface area contributed by atoms with Crippen LogP contribution in [-0.4, -0.2) is 14.2 Å². The molecule has 220 valence electrons. The van der Waals surface area contributed by atoms with Gasteiger partial charge in [0.1, 0.15) is 11.5 Å². The van der Waals surface area contributed by atoms with Crippen molar-refractivity contribution >= 4 is 0 Å². The lowest BCUT2D eigenvalue weighted by molar-refractivity contribution is 0.346. The number of rotatable bonds is 2. The van der Waals surface area contributed by atoms with E-state index in [0.717, 1.165) is 11.5 Å². The van der Waals surface area contributed by atoms with Crippen molar-refractivity contribution in [2.45, 2.75) is 35.5 Å². The standard InChI is InChI=1S/C44H32O2/c1-25-21-35-37(23-39(25)45-3)43-32-18-10-8-16-30(32)42-28-14-6-5-13-27(28)41(35,43)29-15-7-9-17-31(29)44(42,34-20-12-11-19-33(34)43)38-24-40(46-4)26(2)22-36(38)42/h5-24H,1-4H3/t41-,42-,43+,44+/m1/s1. The molecule has 12 rings (SSSR count). The number of methoxy groups -OCH3 is 2. The molecule has 0 aromatic heterocycles. The Hall–Kier alpha value is -5.08. The SMILES string of the molecule is COc1cc2c(cc1C)[C@]13c4ccccc4[C@]45c6ccccc6[C@]21c1ccccc1[C@@]4(c1ccccc13)c1cc(OC)c(C)cc15. The Labute approximate surface area is 269 Å². The highest BCUT2D eigenvalue weighted by atomic mass is 16.5. The summed E-state index contributed by atoms with van der Waals surface area (Å²) in [6.07, 6.45) is 0. The van der Waals surface area contributed by atoms with E-state index in [9.17, 15) is 0 Å². The third-order valence-corrected chi connectivity index (χ3v) is 12.8. The second kappa shape index (κ2) is 7.65. The second-order valence-corrected chi connectivity index (χ2v) is 13.9. The second-order valence-electron chi connectivity index (χ2n) is 13.9. The zero-order valence-corrected chi connectivity index (χ0v) is 26.4. The van der Waals surface area contributed by atoms with Crippen LogP contribution in [-0.2, 0) is 21.7 Å². The Bertz CT molecular complexity index is 2230. The summed E-state index contributed by atoms with van der Waals surface area (Å²) in [5.41, 5.74) is 17.3. The van der Waals surface area contributed by atoms with Crippen molar-refractivity contribution in [3.8, 4) is 11.5 Å². The van der Waals surface area contributed by atoms with Crippen molar-refractivity contribution in [2.75, 3.05) is 14.2 Å². The van der Waals surface area contributed by atoms with Gasteiger partial charge < -0.3 is 9.47 Å². The minimum absolute atomic E-state index is 0.445. The van der Waals surface area contributed by atoms with E-state index < -0.39 is 21.7 Å². The van der Waals surface area contributed by atoms with Gasteiger partial charge in [0, 0.05) is 0 Å². The molecular formula is C44H32O2. The number of hydrogen-bond acceptors (Lipinski definition) is 2. The van der Waals surface area contributed by atoms with Gasteiger partial charge in [0.2, 0.25) is 0 Å². The summed E-state index contributed by atoms with van der Waals surface area (Å²) in [5.74, 6) is 1.89. The summed E-state index contributed by atoms with van der Waals surface area (Å²) in [6.45, 7) is 4.39. The molecule has 0 N–H and O–H groups in total. The van der Waals surface area contributed by atoms with Crippen LogP contribution in [0.15, 0.2) is 121 Å². The Balaban J connectivity index is 1.54. The summed E-state index contributed by atoms with van der Waals surface area (Å²) in [5, 5.41) is 0. The van der Waals surface area contributed by atoms with E-state index in [4.69, 9.17) is 9.47 Å². The molecule has 6 aliphatic carbocycles. The average molecular weight is 593 g/mol. The largest absolute Gasteiger partial charge is 0.496 e. The highest BCUT2D eigenvalue weighted by Crippen LogP contribution is 2.84. The van der Waals surface area contributed by atoms with Crippen LogP contribution in [0.2, 0.25) is 0 Å².